The van der Waals surface area contributed by atoms with Crippen molar-refractivity contribution in [1.29, 1.82) is 0 Å². The molecule has 19 heavy (non-hydrogen) atoms. The van der Waals surface area contributed by atoms with Crippen molar-refractivity contribution >= 4 is 0 Å². The maximum absolute atomic E-state index is 3.56. The third kappa shape index (κ3) is 4.75. The molecule has 0 aromatic rings. The molecule has 0 bridgehead atoms. The molecule has 2 aliphatic carbocycles. The van der Waals surface area contributed by atoms with E-state index in [-0.39, 0.29) is 0 Å². The highest BCUT2D eigenvalue weighted by molar-refractivity contribution is 4.84. The summed E-state index contributed by atoms with van der Waals surface area (Å²) in [6.07, 6.45) is 11.6. The standard InChI is InChI=1S/C17H34N2/c1-14-9-10-17(18-2)16(11-14)13-19(3)12-15-7-5-4-6-8-15/h14-18H,4-13H2,1-3H3. The van der Waals surface area contributed by atoms with Crippen LogP contribution in [0, 0.1) is 17.8 Å². The second-order valence-corrected chi connectivity index (χ2v) is 7.30. The van der Waals surface area contributed by atoms with E-state index in [1.165, 1.54) is 64.5 Å². The first-order valence-electron chi connectivity index (χ1n) is 8.55. The number of rotatable bonds is 5. The van der Waals surface area contributed by atoms with Crippen molar-refractivity contribution in [3.8, 4) is 0 Å². The van der Waals surface area contributed by atoms with Gasteiger partial charge in [-0.2, -0.15) is 0 Å². The quantitative estimate of drug-likeness (QED) is 0.819. The molecule has 0 saturated heterocycles. The molecule has 0 radical (unpaired) electrons. The molecule has 0 amide bonds. The molecule has 0 spiro atoms. The van der Waals surface area contributed by atoms with Crippen LogP contribution in [0.1, 0.15) is 58.3 Å². The Balaban J connectivity index is 1.77. The molecule has 0 aromatic heterocycles. The van der Waals surface area contributed by atoms with Crippen molar-refractivity contribution in [2.45, 2.75) is 64.3 Å². The number of nitrogens with one attached hydrogen (secondary N) is 1. The van der Waals surface area contributed by atoms with Crippen LogP contribution in [0.3, 0.4) is 0 Å². The van der Waals surface area contributed by atoms with Crippen molar-refractivity contribution in [2.75, 3.05) is 27.2 Å². The predicted molar refractivity (Wildman–Crippen MR) is 83.4 cm³/mol. The molecule has 2 rings (SSSR count). The molecule has 2 nitrogen and oxygen atoms in total. The average molecular weight is 266 g/mol. The van der Waals surface area contributed by atoms with Crippen molar-refractivity contribution in [3.05, 3.63) is 0 Å². The summed E-state index contributed by atoms with van der Waals surface area (Å²) < 4.78 is 0. The third-order valence-electron chi connectivity index (χ3n) is 5.46. The van der Waals surface area contributed by atoms with E-state index in [4.69, 9.17) is 0 Å². The van der Waals surface area contributed by atoms with Gasteiger partial charge in [0.2, 0.25) is 0 Å². The molecule has 112 valence electrons. The second kappa shape index (κ2) is 7.64. The van der Waals surface area contributed by atoms with Crippen LogP contribution in [0.5, 0.6) is 0 Å². The second-order valence-electron chi connectivity index (χ2n) is 7.30. The van der Waals surface area contributed by atoms with Gasteiger partial charge in [0.25, 0.3) is 0 Å². The minimum Gasteiger partial charge on any atom is -0.317 e. The molecule has 0 heterocycles. The van der Waals surface area contributed by atoms with Crippen molar-refractivity contribution in [2.24, 2.45) is 17.8 Å². The molecule has 2 heteroatoms. The first-order chi connectivity index (χ1) is 9.19. The van der Waals surface area contributed by atoms with Crippen molar-refractivity contribution < 1.29 is 0 Å². The van der Waals surface area contributed by atoms with E-state index < -0.39 is 0 Å². The van der Waals surface area contributed by atoms with Crippen LogP contribution < -0.4 is 5.32 Å². The number of hydrogen-bond acceptors (Lipinski definition) is 2. The summed E-state index contributed by atoms with van der Waals surface area (Å²) in [6, 6.07) is 0.755. The highest BCUT2D eigenvalue weighted by Gasteiger charge is 2.28. The molecule has 0 aliphatic heterocycles. The lowest BCUT2D eigenvalue weighted by atomic mass is 9.78. The van der Waals surface area contributed by atoms with Gasteiger partial charge in [-0.15, -0.1) is 0 Å². The van der Waals surface area contributed by atoms with Gasteiger partial charge in [-0.1, -0.05) is 26.2 Å². The normalized spacial score (nSPS) is 33.8. The maximum Gasteiger partial charge on any atom is 0.0105 e. The van der Waals surface area contributed by atoms with Crippen LogP contribution in [0.25, 0.3) is 0 Å². The average Bonchev–Trinajstić information content (AvgIpc) is 2.40. The van der Waals surface area contributed by atoms with Crippen LogP contribution >= 0.6 is 0 Å². The van der Waals surface area contributed by atoms with Gasteiger partial charge >= 0.3 is 0 Å². The predicted octanol–water partition coefficient (Wildman–Crippen LogP) is 3.52. The molecule has 1 N–H and O–H groups in total. The Morgan fingerprint density at radius 3 is 2.42 bits per heavy atom. The Morgan fingerprint density at radius 2 is 1.74 bits per heavy atom. The zero-order valence-corrected chi connectivity index (χ0v) is 13.3. The van der Waals surface area contributed by atoms with E-state index in [0.717, 1.165) is 23.8 Å². The summed E-state index contributed by atoms with van der Waals surface area (Å²) >= 11 is 0. The fraction of sp³-hybridized carbons (Fsp3) is 1.00. The largest absolute Gasteiger partial charge is 0.317 e. The Morgan fingerprint density at radius 1 is 1.00 bits per heavy atom. The van der Waals surface area contributed by atoms with E-state index >= 15 is 0 Å². The van der Waals surface area contributed by atoms with Gasteiger partial charge in [0.1, 0.15) is 0 Å². The number of nitrogens with zero attached hydrogens (tertiary/aromatic N) is 1. The zero-order chi connectivity index (χ0) is 13.7. The summed E-state index contributed by atoms with van der Waals surface area (Å²) in [4.78, 5) is 2.63. The van der Waals surface area contributed by atoms with E-state index in [9.17, 15) is 0 Å². The molecule has 2 fully saturated rings. The smallest absolute Gasteiger partial charge is 0.0105 e. The van der Waals surface area contributed by atoms with E-state index in [0.29, 0.717) is 0 Å². The Kier molecular flexibility index (Phi) is 6.15. The highest BCUT2D eigenvalue weighted by Crippen LogP contribution is 2.30. The van der Waals surface area contributed by atoms with Crippen LogP contribution in [-0.4, -0.2) is 38.1 Å². The Bertz CT molecular complexity index is 248. The lowest BCUT2D eigenvalue weighted by molar-refractivity contribution is 0.145. The molecule has 2 saturated carbocycles. The Hall–Kier alpha value is -0.0800. The van der Waals surface area contributed by atoms with Crippen molar-refractivity contribution in [1.82, 2.24) is 10.2 Å². The SMILES string of the molecule is CNC1CCC(C)CC1CN(C)CC1CCCCC1. The molecule has 2 aliphatic rings. The lowest BCUT2D eigenvalue weighted by Gasteiger charge is -2.38. The number of hydrogen-bond donors (Lipinski definition) is 1. The van der Waals surface area contributed by atoms with E-state index in [1.807, 2.05) is 0 Å². The van der Waals surface area contributed by atoms with Gasteiger partial charge in [0.05, 0.1) is 0 Å². The molecular weight excluding hydrogens is 232 g/mol. The first-order valence-corrected chi connectivity index (χ1v) is 8.55. The first kappa shape index (κ1) is 15.3. The molecule has 3 unspecified atom stereocenters. The summed E-state index contributed by atoms with van der Waals surface area (Å²) in [5.74, 6) is 2.77. The van der Waals surface area contributed by atoms with E-state index in [1.54, 1.807) is 0 Å². The molecular formula is C17H34N2. The van der Waals surface area contributed by atoms with Crippen LogP contribution in [-0.2, 0) is 0 Å². The topological polar surface area (TPSA) is 15.3 Å². The van der Waals surface area contributed by atoms with Gasteiger partial charge in [-0.05, 0) is 64.0 Å². The Labute approximate surface area is 120 Å². The fourth-order valence-corrected chi connectivity index (χ4v) is 4.37. The van der Waals surface area contributed by atoms with Crippen molar-refractivity contribution in [3.63, 3.8) is 0 Å². The summed E-state index contributed by atoms with van der Waals surface area (Å²) in [5.41, 5.74) is 0. The van der Waals surface area contributed by atoms with Crippen LogP contribution in [0.15, 0.2) is 0 Å². The highest BCUT2D eigenvalue weighted by atomic mass is 15.1. The minimum atomic E-state index is 0.755. The minimum absolute atomic E-state index is 0.755. The van der Waals surface area contributed by atoms with Gasteiger partial charge in [-0.25, -0.2) is 0 Å². The van der Waals surface area contributed by atoms with Gasteiger partial charge in [0.15, 0.2) is 0 Å². The third-order valence-corrected chi connectivity index (χ3v) is 5.46. The maximum atomic E-state index is 3.56. The van der Waals surface area contributed by atoms with Gasteiger partial charge in [-0.3, -0.25) is 0 Å². The summed E-state index contributed by atoms with van der Waals surface area (Å²) in [6.45, 7) is 5.06. The monoisotopic (exact) mass is 266 g/mol. The molecule has 3 atom stereocenters. The van der Waals surface area contributed by atoms with E-state index in [2.05, 4.69) is 31.2 Å². The van der Waals surface area contributed by atoms with Crippen LogP contribution in [0.4, 0.5) is 0 Å². The molecule has 0 aromatic carbocycles. The zero-order valence-electron chi connectivity index (χ0n) is 13.3. The van der Waals surface area contributed by atoms with Crippen LogP contribution in [0.2, 0.25) is 0 Å². The van der Waals surface area contributed by atoms with Gasteiger partial charge < -0.3 is 10.2 Å². The summed E-state index contributed by atoms with van der Waals surface area (Å²) in [5, 5.41) is 3.56. The summed E-state index contributed by atoms with van der Waals surface area (Å²) in [7, 11) is 4.50. The fourth-order valence-electron chi connectivity index (χ4n) is 4.37. The lowest BCUT2D eigenvalue weighted by Crippen LogP contribution is -2.44. The van der Waals surface area contributed by atoms with Gasteiger partial charge in [0, 0.05) is 19.1 Å².